The summed E-state index contributed by atoms with van der Waals surface area (Å²) in [5.74, 6) is 0.285. The summed E-state index contributed by atoms with van der Waals surface area (Å²) < 4.78 is 10.1. The van der Waals surface area contributed by atoms with Crippen molar-refractivity contribution in [2.75, 3.05) is 26.9 Å². The highest BCUT2D eigenvalue weighted by atomic mass is 16.6. The first-order chi connectivity index (χ1) is 9.04. The molecule has 19 heavy (non-hydrogen) atoms. The topological polar surface area (TPSA) is 73.6 Å². The van der Waals surface area contributed by atoms with Gasteiger partial charge in [0, 0.05) is 24.6 Å². The van der Waals surface area contributed by atoms with Crippen LogP contribution in [0.2, 0.25) is 0 Å². The quantitative estimate of drug-likeness (QED) is 0.627. The van der Waals surface area contributed by atoms with Gasteiger partial charge in [0.2, 0.25) is 0 Å². The lowest BCUT2D eigenvalue weighted by atomic mass is 9.89. The molecule has 0 saturated carbocycles. The molecule has 6 heteroatoms. The number of nitro benzene ring substituents is 1. The molecule has 1 N–H and O–H groups in total. The summed E-state index contributed by atoms with van der Waals surface area (Å²) in [5.41, 5.74) is 1.06. The Morgan fingerprint density at radius 1 is 1.53 bits per heavy atom. The standard InChI is InChI=1S/C13H18N2O4/c1-13(8-19-9-13)7-14-6-10-3-4-12(18-2)11(5-10)15(16)17/h3-5,14H,6-9H2,1-2H3. The minimum atomic E-state index is -0.427. The third-order valence-electron chi connectivity index (χ3n) is 3.22. The molecule has 0 spiro atoms. The fourth-order valence-electron chi connectivity index (χ4n) is 2.05. The van der Waals surface area contributed by atoms with Gasteiger partial charge in [0.25, 0.3) is 0 Å². The molecule has 1 aromatic carbocycles. The maximum Gasteiger partial charge on any atom is 0.311 e. The van der Waals surface area contributed by atoms with E-state index in [1.165, 1.54) is 7.11 Å². The van der Waals surface area contributed by atoms with E-state index in [1.807, 2.05) is 6.07 Å². The van der Waals surface area contributed by atoms with E-state index < -0.39 is 4.92 Å². The Hall–Kier alpha value is -1.66. The van der Waals surface area contributed by atoms with Crippen molar-refractivity contribution in [3.63, 3.8) is 0 Å². The van der Waals surface area contributed by atoms with Crippen LogP contribution in [0.4, 0.5) is 5.69 Å². The van der Waals surface area contributed by atoms with Gasteiger partial charge in [0.1, 0.15) is 0 Å². The van der Waals surface area contributed by atoms with Gasteiger partial charge in [-0.05, 0) is 11.6 Å². The molecule has 104 valence electrons. The summed E-state index contributed by atoms with van der Waals surface area (Å²) in [6, 6.07) is 5.01. The first-order valence-electron chi connectivity index (χ1n) is 6.14. The average Bonchev–Trinajstić information content (AvgIpc) is 2.36. The van der Waals surface area contributed by atoms with E-state index in [-0.39, 0.29) is 16.9 Å². The third-order valence-corrected chi connectivity index (χ3v) is 3.22. The number of hydrogen-bond acceptors (Lipinski definition) is 5. The van der Waals surface area contributed by atoms with Crippen LogP contribution < -0.4 is 10.1 Å². The molecule has 0 radical (unpaired) electrons. The van der Waals surface area contributed by atoms with Crippen LogP contribution in [0, 0.1) is 15.5 Å². The molecule has 0 atom stereocenters. The first-order valence-corrected chi connectivity index (χ1v) is 6.14. The van der Waals surface area contributed by atoms with Crippen LogP contribution in [-0.4, -0.2) is 31.8 Å². The van der Waals surface area contributed by atoms with Gasteiger partial charge < -0.3 is 14.8 Å². The molecule has 1 aliphatic heterocycles. The number of nitro groups is 1. The van der Waals surface area contributed by atoms with E-state index in [0.29, 0.717) is 6.54 Å². The Bertz CT molecular complexity index is 472. The zero-order chi connectivity index (χ0) is 13.9. The molecule has 6 nitrogen and oxygen atoms in total. The summed E-state index contributed by atoms with van der Waals surface area (Å²) in [6.45, 7) is 5.12. The maximum absolute atomic E-state index is 10.9. The SMILES string of the molecule is COc1ccc(CNCC2(C)COC2)cc1[N+](=O)[O-]. The molecule has 0 aliphatic carbocycles. The fraction of sp³-hybridized carbons (Fsp3) is 0.538. The Kier molecular flexibility index (Phi) is 4.01. The zero-order valence-corrected chi connectivity index (χ0v) is 11.1. The normalized spacial score (nSPS) is 16.7. The van der Waals surface area contributed by atoms with Crippen molar-refractivity contribution in [3.8, 4) is 5.75 Å². The van der Waals surface area contributed by atoms with Crippen LogP contribution in [0.3, 0.4) is 0 Å². The lowest BCUT2D eigenvalue weighted by Gasteiger charge is -2.38. The second-order valence-corrected chi connectivity index (χ2v) is 5.17. The Morgan fingerprint density at radius 3 is 2.79 bits per heavy atom. The summed E-state index contributed by atoms with van der Waals surface area (Å²) in [6.07, 6.45) is 0. The highest BCUT2D eigenvalue weighted by Gasteiger charge is 2.32. The second kappa shape index (κ2) is 5.54. The van der Waals surface area contributed by atoms with E-state index in [4.69, 9.17) is 9.47 Å². The fourth-order valence-corrected chi connectivity index (χ4v) is 2.05. The molecule has 0 aromatic heterocycles. The Labute approximate surface area is 111 Å². The van der Waals surface area contributed by atoms with Crippen molar-refractivity contribution in [2.24, 2.45) is 5.41 Å². The van der Waals surface area contributed by atoms with Gasteiger partial charge in [-0.3, -0.25) is 10.1 Å². The van der Waals surface area contributed by atoms with Gasteiger partial charge in [0.05, 0.1) is 25.2 Å². The molecule has 1 fully saturated rings. The van der Waals surface area contributed by atoms with Crippen LogP contribution in [0.1, 0.15) is 12.5 Å². The Balaban J connectivity index is 1.96. The van der Waals surface area contributed by atoms with Crippen molar-refractivity contribution >= 4 is 5.69 Å². The highest BCUT2D eigenvalue weighted by molar-refractivity contribution is 5.48. The smallest absolute Gasteiger partial charge is 0.311 e. The van der Waals surface area contributed by atoms with Crippen LogP contribution in [0.15, 0.2) is 18.2 Å². The molecule has 2 rings (SSSR count). The van der Waals surface area contributed by atoms with Crippen molar-refractivity contribution in [2.45, 2.75) is 13.5 Å². The molecule has 1 heterocycles. The summed E-state index contributed by atoms with van der Waals surface area (Å²) in [5, 5.41) is 14.2. The molecular formula is C13H18N2O4. The summed E-state index contributed by atoms with van der Waals surface area (Å²) >= 11 is 0. The van der Waals surface area contributed by atoms with Gasteiger partial charge in [-0.15, -0.1) is 0 Å². The maximum atomic E-state index is 10.9. The predicted molar refractivity (Wildman–Crippen MR) is 70.3 cm³/mol. The number of methoxy groups -OCH3 is 1. The van der Waals surface area contributed by atoms with E-state index >= 15 is 0 Å². The number of hydrogen-bond donors (Lipinski definition) is 1. The van der Waals surface area contributed by atoms with Crippen molar-refractivity contribution < 1.29 is 14.4 Å². The molecular weight excluding hydrogens is 248 g/mol. The monoisotopic (exact) mass is 266 g/mol. The van der Waals surface area contributed by atoms with Gasteiger partial charge in [-0.1, -0.05) is 13.0 Å². The lowest BCUT2D eigenvalue weighted by Crippen LogP contribution is -2.47. The Morgan fingerprint density at radius 2 is 2.26 bits per heavy atom. The molecule has 0 bridgehead atoms. The van der Waals surface area contributed by atoms with Crippen LogP contribution in [0.25, 0.3) is 0 Å². The summed E-state index contributed by atoms with van der Waals surface area (Å²) in [7, 11) is 1.43. The van der Waals surface area contributed by atoms with E-state index in [0.717, 1.165) is 25.3 Å². The van der Waals surface area contributed by atoms with Crippen molar-refractivity contribution in [3.05, 3.63) is 33.9 Å². The van der Waals surface area contributed by atoms with E-state index in [1.54, 1.807) is 12.1 Å². The molecule has 1 saturated heterocycles. The number of nitrogens with zero attached hydrogens (tertiary/aromatic N) is 1. The van der Waals surface area contributed by atoms with E-state index in [9.17, 15) is 10.1 Å². The molecule has 0 unspecified atom stereocenters. The van der Waals surface area contributed by atoms with Crippen LogP contribution in [0.5, 0.6) is 5.75 Å². The van der Waals surface area contributed by atoms with E-state index in [2.05, 4.69) is 12.2 Å². The van der Waals surface area contributed by atoms with Gasteiger partial charge >= 0.3 is 5.69 Å². The molecule has 1 aromatic rings. The second-order valence-electron chi connectivity index (χ2n) is 5.17. The lowest BCUT2D eigenvalue weighted by molar-refractivity contribution is -0.385. The van der Waals surface area contributed by atoms with Gasteiger partial charge in [-0.2, -0.15) is 0 Å². The van der Waals surface area contributed by atoms with Crippen molar-refractivity contribution in [1.29, 1.82) is 0 Å². The largest absolute Gasteiger partial charge is 0.490 e. The first kappa shape index (κ1) is 13.8. The predicted octanol–water partition coefficient (Wildman–Crippen LogP) is 1.73. The minimum absolute atomic E-state index is 0.00000997. The number of rotatable bonds is 6. The minimum Gasteiger partial charge on any atom is -0.490 e. The number of nitrogens with one attached hydrogen (secondary N) is 1. The summed E-state index contributed by atoms with van der Waals surface area (Å²) in [4.78, 5) is 10.5. The van der Waals surface area contributed by atoms with Gasteiger partial charge in [-0.25, -0.2) is 0 Å². The zero-order valence-electron chi connectivity index (χ0n) is 11.1. The highest BCUT2D eigenvalue weighted by Crippen LogP contribution is 2.28. The van der Waals surface area contributed by atoms with Crippen molar-refractivity contribution in [1.82, 2.24) is 5.32 Å². The van der Waals surface area contributed by atoms with Gasteiger partial charge in [0.15, 0.2) is 5.75 Å². The third kappa shape index (κ3) is 3.21. The average molecular weight is 266 g/mol. The molecule has 1 aliphatic rings. The number of benzene rings is 1. The van der Waals surface area contributed by atoms with Crippen LogP contribution >= 0.6 is 0 Å². The van der Waals surface area contributed by atoms with Crippen LogP contribution in [-0.2, 0) is 11.3 Å². The number of ether oxygens (including phenoxy) is 2. The molecule has 0 amide bonds.